The van der Waals surface area contributed by atoms with Gasteiger partial charge in [-0.25, -0.2) is 4.39 Å². The Morgan fingerprint density at radius 3 is 2.85 bits per heavy atom. The van der Waals surface area contributed by atoms with Gasteiger partial charge in [-0.2, -0.15) is 0 Å². The molecule has 1 aromatic carbocycles. The Hall–Kier alpha value is -1.68. The highest BCUT2D eigenvalue weighted by Crippen LogP contribution is 2.32. The first kappa shape index (κ1) is 13.3. The van der Waals surface area contributed by atoms with Crippen LogP contribution in [0.1, 0.15) is 38.5 Å². The van der Waals surface area contributed by atoms with Crippen molar-refractivity contribution in [3.63, 3.8) is 0 Å². The molecule has 0 radical (unpaired) electrons. The minimum absolute atomic E-state index is 0.0861. The van der Waals surface area contributed by atoms with Crippen molar-refractivity contribution in [2.45, 2.75) is 25.7 Å². The number of rotatable bonds is 3. The second-order valence-electron chi connectivity index (χ2n) is 4.92. The topological polar surface area (TPSA) is 26.3 Å². The summed E-state index contributed by atoms with van der Waals surface area (Å²) in [6, 6.07) is 6.60. The van der Waals surface area contributed by atoms with Crippen molar-refractivity contribution in [3.8, 4) is 5.75 Å². The molecule has 0 unspecified atom stereocenters. The van der Waals surface area contributed by atoms with Gasteiger partial charge in [0.2, 0.25) is 5.78 Å². The lowest BCUT2D eigenvalue weighted by atomic mass is 9.98. The summed E-state index contributed by atoms with van der Waals surface area (Å²) >= 11 is 1.50. The summed E-state index contributed by atoms with van der Waals surface area (Å²) in [6.07, 6.45) is 4.41. The third-order valence-electron chi connectivity index (χ3n) is 3.65. The predicted octanol–water partition coefficient (Wildman–Crippen LogP) is 4.01. The number of benzene rings is 1. The normalized spacial score (nSPS) is 13.9. The lowest BCUT2D eigenvalue weighted by Crippen LogP contribution is -2.03. The summed E-state index contributed by atoms with van der Waals surface area (Å²) in [5.74, 6) is -0.718. The van der Waals surface area contributed by atoms with Crippen molar-refractivity contribution in [2.24, 2.45) is 0 Å². The Bertz CT molecular complexity index is 637. The fraction of sp³-hybridized carbons (Fsp3) is 0.312. The Morgan fingerprint density at radius 1 is 1.30 bits per heavy atom. The summed E-state index contributed by atoms with van der Waals surface area (Å²) in [6.45, 7) is 0. The first-order chi connectivity index (χ1) is 9.70. The maximum Gasteiger partial charge on any atom is 0.206 e. The number of thiophene rings is 1. The minimum Gasteiger partial charge on any atom is -0.494 e. The van der Waals surface area contributed by atoms with Crippen molar-refractivity contribution in [1.82, 2.24) is 0 Å². The molecule has 1 heterocycles. The molecule has 0 fully saturated rings. The number of methoxy groups -OCH3 is 1. The van der Waals surface area contributed by atoms with Crippen LogP contribution in [0.2, 0.25) is 0 Å². The van der Waals surface area contributed by atoms with Crippen LogP contribution in [0, 0.1) is 5.82 Å². The van der Waals surface area contributed by atoms with Gasteiger partial charge in [0.25, 0.3) is 0 Å². The number of hydrogen-bond acceptors (Lipinski definition) is 3. The number of ketones is 1. The van der Waals surface area contributed by atoms with E-state index in [2.05, 4.69) is 0 Å². The third kappa shape index (κ3) is 2.24. The first-order valence-corrected chi connectivity index (χ1v) is 7.51. The molecular formula is C16H15FO2S. The number of halogens is 1. The van der Waals surface area contributed by atoms with E-state index in [1.807, 2.05) is 6.07 Å². The third-order valence-corrected chi connectivity index (χ3v) is 4.88. The fourth-order valence-corrected chi connectivity index (χ4v) is 3.79. The predicted molar refractivity (Wildman–Crippen MR) is 77.3 cm³/mol. The molecule has 0 saturated carbocycles. The van der Waals surface area contributed by atoms with Crippen LogP contribution in [0.5, 0.6) is 5.75 Å². The number of hydrogen-bond donors (Lipinski definition) is 0. The average Bonchev–Trinajstić information content (AvgIpc) is 2.90. The van der Waals surface area contributed by atoms with Crippen molar-refractivity contribution >= 4 is 17.1 Å². The highest BCUT2D eigenvalue weighted by molar-refractivity contribution is 7.14. The largest absolute Gasteiger partial charge is 0.494 e. The van der Waals surface area contributed by atoms with Gasteiger partial charge in [-0.15, -0.1) is 11.3 Å². The molecule has 2 nitrogen and oxygen atoms in total. The van der Waals surface area contributed by atoms with Crippen LogP contribution in [0.3, 0.4) is 0 Å². The Labute approximate surface area is 121 Å². The highest BCUT2D eigenvalue weighted by atomic mass is 32.1. The maximum absolute atomic E-state index is 14.2. The molecule has 3 rings (SSSR count). The van der Waals surface area contributed by atoms with Crippen LogP contribution in [0.15, 0.2) is 24.3 Å². The molecule has 0 N–H and O–H groups in total. The van der Waals surface area contributed by atoms with Crippen LogP contribution in [-0.2, 0) is 12.8 Å². The summed E-state index contributed by atoms with van der Waals surface area (Å²) in [5.41, 5.74) is 1.34. The molecule has 20 heavy (non-hydrogen) atoms. The van der Waals surface area contributed by atoms with Gasteiger partial charge in [-0.1, -0.05) is 6.07 Å². The van der Waals surface area contributed by atoms with Crippen LogP contribution in [0.4, 0.5) is 4.39 Å². The molecule has 0 atom stereocenters. The minimum atomic E-state index is -0.577. The quantitative estimate of drug-likeness (QED) is 0.798. The summed E-state index contributed by atoms with van der Waals surface area (Å²) < 4.78 is 19.1. The van der Waals surface area contributed by atoms with E-state index in [0.717, 1.165) is 12.8 Å². The standard InChI is InChI=1S/C16H15FO2S/c1-19-12-7-4-6-11(15(12)17)16(18)14-9-10-5-2-3-8-13(10)20-14/h4,6-7,9H,2-3,5,8H2,1H3. The first-order valence-electron chi connectivity index (χ1n) is 6.69. The zero-order valence-electron chi connectivity index (χ0n) is 11.2. The lowest BCUT2D eigenvalue weighted by Gasteiger charge is -2.08. The molecule has 1 aromatic heterocycles. The van der Waals surface area contributed by atoms with Gasteiger partial charge in [0.15, 0.2) is 11.6 Å². The molecular weight excluding hydrogens is 275 g/mol. The SMILES string of the molecule is COc1cccc(C(=O)c2cc3c(s2)CCCC3)c1F. The zero-order valence-corrected chi connectivity index (χ0v) is 12.1. The second-order valence-corrected chi connectivity index (χ2v) is 6.05. The van der Waals surface area contributed by atoms with E-state index in [0.29, 0.717) is 4.88 Å². The van der Waals surface area contributed by atoms with Gasteiger partial charge < -0.3 is 4.74 Å². The van der Waals surface area contributed by atoms with Crippen LogP contribution in [-0.4, -0.2) is 12.9 Å². The van der Waals surface area contributed by atoms with Gasteiger partial charge in [-0.05, 0) is 49.4 Å². The molecule has 1 aliphatic carbocycles. The van der Waals surface area contributed by atoms with E-state index in [9.17, 15) is 9.18 Å². The van der Waals surface area contributed by atoms with Gasteiger partial charge >= 0.3 is 0 Å². The van der Waals surface area contributed by atoms with Gasteiger partial charge in [0, 0.05) is 4.88 Å². The van der Waals surface area contributed by atoms with Gasteiger partial charge in [0.1, 0.15) is 0 Å². The number of fused-ring (bicyclic) bond motifs is 1. The number of carbonyl (C=O) groups excluding carboxylic acids is 1. The number of carbonyl (C=O) groups is 1. The van der Waals surface area contributed by atoms with E-state index in [1.54, 1.807) is 6.07 Å². The van der Waals surface area contributed by atoms with Crippen LogP contribution in [0.25, 0.3) is 0 Å². The van der Waals surface area contributed by atoms with E-state index >= 15 is 0 Å². The van der Waals surface area contributed by atoms with Crippen molar-refractivity contribution in [1.29, 1.82) is 0 Å². The van der Waals surface area contributed by atoms with Crippen LogP contribution < -0.4 is 4.74 Å². The Balaban J connectivity index is 1.98. The van der Waals surface area contributed by atoms with Crippen molar-refractivity contribution < 1.29 is 13.9 Å². The van der Waals surface area contributed by atoms with E-state index < -0.39 is 5.82 Å². The highest BCUT2D eigenvalue weighted by Gasteiger charge is 2.21. The molecule has 2 aromatic rings. The molecule has 0 saturated heterocycles. The summed E-state index contributed by atoms with van der Waals surface area (Å²) in [5, 5.41) is 0. The molecule has 0 bridgehead atoms. The van der Waals surface area contributed by atoms with Gasteiger partial charge in [-0.3, -0.25) is 4.79 Å². The summed E-state index contributed by atoms with van der Waals surface area (Å²) in [4.78, 5) is 14.4. The number of ether oxygens (including phenoxy) is 1. The molecule has 0 spiro atoms. The van der Waals surface area contributed by atoms with E-state index in [4.69, 9.17) is 4.74 Å². The smallest absolute Gasteiger partial charge is 0.206 e. The Morgan fingerprint density at radius 2 is 2.10 bits per heavy atom. The Kier molecular flexibility index (Phi) is 3.57. The molecule has 104 valence electrons. The fourth-order valence-electron chi connectivity index (χ4n) is 2.58. The average molecular weight is 290 g/mol. The number of aryl methyl sites for hydroxylation is 2. The second kappa shape index (κ2) is 5.37. The lowest BCUT2D eigenvalue weighted by molar-refractivity contribution is 0.103. The molecule has 0 amide bonds. The summed E-state index contributed by atoms with van der Waals surface area (Å²) in [7, 11) is 1.40. The van der Waals surface area contributed by atoms with E-state index in [-0.39, 0.29) is 17.1 Å². The maximum atomic E-state index is 14.2. The monoisotopic (exact) mass is 290 g/mol. The van der Waals surface area contributed by atoms with Crippen LogP contribution >= 0.6 is 11.3 Å². The zero-order chi connectivity index (χ0) is 14.1. The molecule has 0 aliphatic heterocycles. The van der Waals surface area contributed by atoms with Crippen molar-refractivity contribution in [2.75, 3.05) is 7.11 Å². The van der Waals surface area contributed by atoms with Crippen molar-refractivity contribution in [3.05, 3.63) is 51.0 Å². The molecule has 4 heteroatoms. The van der Waals surface area contributed by atoms with Gasteiger partial charge in [0.05, 0.1) is 17.6 Å². The molecule has 1 aliphatic rings. The van der Waals surface area contributed by atoms with E-state index in [1.165, 1.54) is 53.9 Å².